The van der Waals surface area contributed by atoms with Crippen molar-refractivity contribution in [1.29, 1.82) is 0 Å². The number of nitrogens with one attached hydrogen (secondary N) is 2. The number of methoxy groups -OCH3 is 1. The normalized spacial score (nSPS) is 26.6. The van der Waals surface area contributed by atoms with Crippen molar-refractivity contribution in [2.75, 3.05) is 20.8 Å². The van der Waals surface area contributed by atoms with Crippen molar-refractivity contribution < 1.29 is 58.9 Å². The van der Waals surface area contributed by atoms with Crippen LogP contribution in [0, 0.1) is 0 Å². The lowest BCUT2D eigenvalue weighted by molar-refractivity contribution is -0.245. The highest BCUT2D eigenvalue weighted by molar-refractivity contribution is 6.31. The number of hydrogen-bond donors (Lipinski definition) is 8. The van der Waals surface area contributed by atoms with E-state index in [2.05, 4.69) is 15.8 Å². The molecule has 16 nitrogen and oxygen atoms in total. The first-order chi connectivity index (χ1) is 22.8. The van der Waals surface area contributed by atoms with Crippen LogP contribution in [0.25, 0.3) is 0 Å². The predicted octanol–water partition coefficient (Wildman–Crippen LogP) is -0.569. The summed E-state index contributed by atoms with van der Waals surface area (Å²) in [6.45, 7) is 0.688. The Labute approximate surface area is 274 Å². The lowest BCUT2D eigenvalue weighted by Gasteiger charge is -2.43. The van der Waals surface area contributed by atoms with Crippen molar-refractivity contribution in [3.05, 3.63) is 51.6 Å². The Morgan fingerprint density at radius 1 is 1.10 bits per heavy atom. The molecule has 0 bridgehead atoms. The van der Waals surface area contributed by atoms with E-state index >= 15 is 0 Å². The molecule has 0 spiro atoms. The number of aliphatic hydroxyl groups excluding tert-OH is 2. The topological polar surface area (TPSA) is 260 Å². The highest BCUT2D eigenvalue weighted by Crippen LogP contribution is 2.52. The van der Waals surface area contributed by atoms with Crippen molar-refractivity contribution in [3.63, 3.8) is 0 Å². The van der Waals surface area contributed by atoms with Gasteiger partial charge in [0.25, 0.3) is 0 Å². The van der Waals surface area contributed by atoms with E-state index in [1.807, 2.05) is 0 Å². The average molecular weight is 671 g/mol. The molecule has 2 aromatic rings. The van der Waals surface area contributed by atoms with Gasteiger partial charge >= 0.3 is 0 Å². The van der Waals surface area contributed by atoms with Gasteiger partial charge in [-0.3, -0.25) is 19.2 Å². The zero-order valence-electron chi connectivity index (χ0n) is 26.5. The van der Waals surface area contributed by atoms with Gasteiger partial charge in [0.05, 0.1) is 54.4 Å². The van der Waals surface area contributed by atoms with E-state index < -0.39 is 102 Å². The molecule has 9 N–H and O–H groups in total. The summed E-state index contributed by atoms with van der Waals surface area (Å²) in [5, 5.41) is 62.3. The summed E-state index contributed by atoms with van der Waals surface area (Å²) < 4.78 is 17.3. The number of amides is 2. The second kappa shape index (κ2) is 13.6. The first kappa shape index (κ1) is 34.9. The predicted molar refractivity (Wildman–Crippen MR) is 166 cm³/mol. The smallest absolute Gasteiger partial charge is 0.240 e. The molecule has 1 aliphatic heterocycles. The molecular weight excluding hydrogens is 632 g/mol. The van der Waals surface area contributed by atoms with Crippen LogP contribution in [0.1, 0.15) is 81.7 Å². The number of phenols is 2. The summed E-state index contributed by atoms with van der Waals surface area (Å²) in [7, 11) is 2.73. The number of nitrogens with two attached hydrogens (primary N) is 1. The average Bonchev–Trinajstić information content (AvgIpc) is 3.06. The standard InChI is InChI=1S/C32H38N4O12/c1-13-27(40)16(33)9-22(47-13)48-18-11-32(45,19(12-37)35-36-21(39)8-7-20(38)34-2)10-15-24(18)31(44)26-25(29(15)42)28(41)14-5-4-6-17(46-3)23(14)30(26)43/h4-6,13,16,18,22,27,37,40,42,44-45H,7-12,33H2,1-3H3,(H,34,38)(H,36,39)/b35-19+/t13-,16-,18-,22-,27+,32-/m1/s1. The third-order valence-electron chi connectivity index (χ3n) is 9.00. The number of hydrazone groups is 1. The van der Waals surface area contributed by atoms with E-state index in [0.29, 0.717) is 0 Å². The van der Waals surface area contributed by atoms with Crippen LogP contribution >= 0.6 is 0 Å². The van der Waals surface area contributed by atoms with Crippen LogP contribution in [-0.4, -0.2) is 106 Å². The van der Waals surface area contributed by atoms with Gasteiger partial charge in [-0.1, -0.05) is 12.1 Å². The fraction of sp³-hybridized carbons (Fsp3) is 0.469. The first-order valence-electron chi connectivity index (χ1n) is 15.3. The number of nitrogens with zero attached hydrogens (tertiary/aromatic N) is 1. The summed E-state index contributed by atoms with van der Waals surface area (Å²) in [6.07, 6.45) is -5.67. The number of ether oxygens (including phenoxy) is 3. The number of fused-ring (bicyclic) bond motifs is 3. The minimum absolute atomic E-state index is 0.0161. The van der Waals surface area contributed by atoms with Crippen molar-refractivity contribution in [1.82, 2.24) is 10.7 Å². The molecule has 1 fully saturated rings. The summed E-state index contributed by atoms with van der Waals surface area (Å²) in [6, 6.07) is 3.57. The van der Waals surface area contributed by atoms with Gasteiger partial charge in [0, 0.05) is 61.9 Å². The van der Waals surface area contributed by atoms with Gasteiger partial charge < -0.3 is 50.8 Å². The van der Waals surface area contributed by atoms with Gasteiger partial charge in [0.15, 0.2) is 12.1 Å². The fourth-order valence-electron chi connectivity index (χ4n) is 6.43. The summed E-state index contributed by atoms with van der Waals surface area (Å²) in [5.74, 6) is -3.98. The molecule has 5 rings (SSSR count). The zero-order chi connectivity index (χ0) is 35.1. The molecule has 48 heavy (non-hydrogen) atoms. The zero-order valence-corrected chi connectivity index (χ0v) is 26.5. The Morgan fingerprint density at radius 2 is 1.79 bits per heavy atom. The first-order valence-corrected chi connectivity index (χ1v) is 15.3. The largest absolute Gasteiger partial charge is 0.507 e. The van der Waals surface area contributed by atoms with Gasteiger partial charge in [-0.25, -0.2) is 5.43 Å². The third kappa shape index (κ3) is 6.13. The Bertz CT molecular complexity index is 1680. The monoisotopic (exact) mass is 670 g/mol. The maximum atomic E-state index is 13.9. The Morgan fingerprint density at radius 3 is 2.44 bits per heavy atom. The van der Waals surface area contributed by atoms with E-state index in [0.717, 1.165) is 0 Å². The third-order valence-corrected chi connectivity index (χ3v) is 9.00. The molecular formula is C32H38N4O12. The lowest BCUT2D eigenvalue weighted by atomic mass is 9.71. The molecule has 16 heteroatoms. The van der Waals surface area contributed by atoms with Crippen LogP contribution in [0.15, 0.2) is 23.3 Å². The Kier molecular flexibility index (Phi) is 9.87. The van der Waals surface area contributed by atoms with E-state index in [1.165, 1.54) is 32.4 Å². The number of aromatic hydroxyl groups is 2. The maximum Gasteiger partial charge on any atom is 0.240 e. The number of ketones is 2. The van der Waals surface area contributed by atoms with E-state index in [9.17, 15) is 44.7 Å². The molecule has 0 unspecified atom stereocenters. The molecule has 1 saturated heterocycles. The van der Waals surface area contributed by atoms with Crippen molar-refractivity contribution in [2.24, 2.45) is 10.8 Å². The van der Waals surface area contributed by atoms with Gasteiger partial charge in [-0.15, -0.1) is 0 Å². The molecule has 6 atom stereocenters. The van der Waals surface area contributed by atoms with Gasteiger partial charge in [-0.05, 0) is 13.0 Å². The van der Waals surface area contributed by atoms with Crippen molar-refractivity contribution in [3.8, 4) is 17.2 Å². The van der Waals surface area contributed by atoms with Crippen molar-refractivity contribution >= 4 is 29.1 Å². The van der Waals surface area contributed by atoms with Gasteiger partial charge in [0.1, 0.15) is 22.8 Å². The maximum absolute atomic E-state index is 13.9. The van der Waals surface area contributed by atoms with Crippen LogP contribution in [0.4, 0.5) is 0 Å². The van der Waals surface area contributed by atoms with Crippen LogP contribution in [0.5, 0.6) is 17.2 Å². The molecule has 2 amide bonds. The summed E-state index contributed by atoms with van der Waals surface area (Å²) in [5.41, 5.74) is 4.28. The minimum Gasteiger partial charge on any atom is -0.507 e. The number of hydrogen-bond acceptors (Lipinski definition) is 14. The second-order valence-electron chi connectivity index (χ2n) is 12.0. The Hall–Kier alpha value is -4.45. The molecule has 1 heterocycles. The van der Waals surface area contributed by atoms with Crippen molar-refractivity contribution in [2.45, 2.75) is 75.3 Å². The number of phenolic OH excluding ortho intramolecular Hbond substituents is 2. The van der Waals surface area contributed by atoms with Crippen LogP contribution in [0.2, 0.25) is 0 Å². The molecule has 0 saturated carbocycles. The fourth-order valence-corrected chi connectivity index (χ4v) is 6.43. The van der Waals surface area contributed by atoms with Gasteiger partial charge in [-0.2, -0.15) is 5.10 Å². The van der Waals surface area contributed by atoms with Gasteiger partial charge in [0.2, 0.25) is 17.6 Å². The second-order valence-corrected chi connectivity index (χ2v) is 12.0. The number of rotatable bonds is 9. The molecule has 0 radical (unpaired) electrons. The molecule has 2 aromatic carbocycles. The SMILES string of the molecule is CNC(=O)CCC(=O)N/N=C(\CO)[C@@]1(O)Cc2c(O)c3c(c(O)c2[C@H](O[C@@H]2C[C@@H](N)[C@@H](O)[C@@H](C)O2)C1)C(=O)c1c(OC)cccc1C3=O. The molecule has 2 aliphatic carbocycles. The quantitative estimate of drug-likeness (QED) is 0.0807. The highest BCUT2D eigenvalue weighted by Gasteiger charge is 2.49. The van der Waals surface area contributed by atoms with Crippen LogP contribution in [0.3, 0.4) is 0 Å². The number of carbonyl (C=O) groups excluding carboxylic acids is 4. The number of benzene rings is 2. The van der Waals surface area contributed by atoms with E-state index in [-0.39, 0.29) is 53.0 Å². The highest BCUT2D eigenvalue weighted by atomic mass is 16.7. The Balaban J connectivity index is 1.61. The number of carbonyl (C=O) groups is 4. The summed E-state index contributed by atoms with van der Waals surface area (Å²) >= 11 is 0. The molecule has 3 aliphatic rings. The van der Waals surface area contributed by atoms with Crippen LogP contribution < -0.4 is 21.2 Å². The molecule has 258 valence electrons. The van der Waals surface area contributed by atoms with E-state index in [4.69, 9.17) is 19.9 Å². The number of aliphatic hydroxyl groups is 3. The van der Waals surface area contributed by atoms with Crippen LogP contribution in [-0.2, 0) is 25.5 Å². The van der Waals surface area contributed by atoms with E-state index in [1.54, 1.807) is 6.92 Å². The molecule has 0 aromatic heterocycles. The minimum atomic E-state index is -2.16. The lowest BCUT2D eigenvalue weighted by Crippen LogP contribution is -2.53. The summed E-state index contributed by atoms with van der Waals surface area (Å²) in [4.78, 5) is 51.6.